The van der Waals surface area contributed by atoms with Crippen molar-refractivity contribution in [1.82, 2.24) is 10.0 Å². The Bertz CT molecular complexity index is 199. The van der Waals surface area contributed by atoms with Gasteiger partial charge in [0, 0.05) is 13.6 Å². The van der Waals surface area contributed by atoms with Crippen LogP contribution in [0.1, 0.15) is 13.3 Å². The third-order valence-electron chi connectivity index (χ3n) is 2.62. The molecule has 6 nitrogen and oxygen atoms in total. The first-order valence-electron chi connectivity index (χ1n) is 4.33. The van der Waals surface area contributed by atoms with Gasteiger partial charge in [-0.2, -0.15) is 0 Å². The van der Waals surface area contributed by atoms with E-state index in [1.807, 2.05) is 0 Å². The van der Waals surface area contributed by atoms with E-state index in [0.717, 1.165) is 6.42 Å². The summed E-state index contributed by atoms with van der Waals surface area (Å²) >= 11 is 0. The lowest BCUT2D eigenvalue weighted by Crippen LogP contribution is -2.47. The van der Waals surface area contributed by atoms with Gasteiger partial charge in [0.05, 0.1) is 23.2 Å². The molecule has 6 heteroatoms. The monoisotopic (exact) mass is 186 g/mol. The Balaban J connectivity index is 2.58. The molecule has 1 saturated heterocycles. The fraction of sp³-hybridized carbons (Fsp3) is 1.00. The lowest BCUT2D eigenvalue weighted by molar-refractivity contribution is 0.0770. The minimum Gasteiger partial charge on any atom is -0.259 e. The molecule has 0 saturated carbocycles. The number of piperidine rings is 1. The second-order valence-corrected chi connectivity index (χ2v) is 3.48. The highest BCUT2D eigenvalue weighted by Crippen LogP contribution is 2.21. The van der Waals surface area contributed by atoms with Crippen molar-refractivity contribution >= 4 is 0 Å². The SMILES string of the molecule is CC1CCN(N=O)CC1N(C)N=O. The van der Waals surface area contributed by atoms with Crippen molar-refractivity contribution in [1.29, 1.82) is 0 Å². The Labute approximate surface area is 76.8 Å². The predicted molar refractivity (Wildman–Crippen MR) is 48.5 cm³/mol. The molecule has 2 unspecified atom stereocenters. The quantitative estimate of drug-likeness (QED) is 0.487. The normalized spacial score (nSPS) is 28.3. The molecule has 1 aliphatic heterocycles. The second kappa shape index (κ2) is 4.15. The van der Waals surface area contributed by atoms with E-state index in [9.17, 15) is 9.81 Å². The number of nitroso groups, excluding NO2 is 2. The first-order valence-corrected chi connectivity index (χ1v) is 4.33. The number of hydrogen-bond donors (Lipinski definition) is 0. The van der Waals surface area contributed by atoms with Crippen molar-refractivity contribution in [3.8, 4) is 0 Å². The van der Waals surface area contributed by atoms with Gasteiger partial charge in [0.2, 0.25) is 0 Å². The molecule has 0 aromatic rings. The summed E-state index contributed by atoms with van der Waals surface area (Å²) in [5, 5.41) is 8.51. The fourth-order valence-electron chi connectivity index (χ4n) is 1.65. The zero-order valence-electron chi connectivity index (χ0n) is 7.88. The number of hydrogen-bond acceptors (Lipinski definition) is 4. The third-order valence-corrected chi connectivity index (χ3v) is 2.62. The first-order chi connectivity index (χ1) is 6.19. The number of rotatable bonds is 3. The topological polar surface area (TPSA) is 65.3 Å². The van der Waals surface area contributed by atoms with E-state index in [4.69, 9.17) is 0 Å². The molecule has 0 amide bonds. The van der Waals surface area contributed by atoms with Crippen LogP contribution in [0.25, 0.3) is 0 Å². The molecular formula is C7H14N4O2. The molecule has 1 heterocycles. The summed E-state index contributed by atoms with van der Waals surface area (Å²) in [6.07, 6.45) is 0.871. The summed E-state index contributed by atoms with van der Waals surface area (Å²) in [5.41, 5.74) is 0. The maximum Gasteiger partial charge on any atom is 0.0718 e. The first kappa shape index (κ1) is 9.88. The molecule has 0 aromatic heterocycles. The van der Waals surface area contributed by atoms with E-state index in [1.54, 1.807) is 7.05 Å². The summed E-state index contributed by atoms with van der Waals surface area (Å²) in [6, 6.07) is 0.00366. The molecule has 74 valence electrons. The molecule has 0 radical (unpaired) electrons. The summed E-state index contributed by atoms with van der Waals surface area (Å²) in [5.74, 6) is 0.376. The van der Waals surface area contributed by atoms with Crippen molar-refractivity contribution in [3.63, 3.8) is 0 Å². The largest absolute Gasteiger partial charge is 0.259 e. The van der Waals surface area contributed by atoms with E-state index in [0.29, 0.717) is 19.0 Å². The van der Waals surface area contributed by atoms with Crippen LogP contribution in [0, 0.1) is 15.7 Å². The summed E-state index contributed by atoms with van der Waals surface area (Å²) in [4.78, 5) is 20.6. The van der Waals surface area contributed by atoms with Crippen molar-refractivity contribution in [2.45, 2.75) is 19.4 Å². The summed E-state index contributed by atoms with van der Waals surface area (Å²) in [7, 11) is 1.63. The average Bonchev–Trinajstić information content (AvgIpc) is 2.17. The van der Waals surface area contributed by atoms with Crippen LogP contribution in [0.15, 0.2) is 10.6 Å². The predicted octanol–water partition coefficient (Wildman–Crippen LogP) is 0.991. The molecular weight excluding hydrogens is 172 g/mol. The van der Waals surface area contributed by atoms with Gasteiger partial charge in [0.1, 0.15) is 0 Å². The van der Waals surface area contributed by atoms with E-state index in [1.165, 1.54) is 10.0 Å². The highest BCUT2D eigenvalue weighted by atomic mass is 16.3. The Hall–Kier alpha value is -1.20. The Morgan fingerprint density at radius 3 is 2.69 bits per heavy atom. The van der Waals surface area contributed by atoms with Crippen molar-refractivity contribution in [2.24, 2.45) is 16.5 Å². The van der Waals surface area contributed by atoms with Gasteiger partial charge < -0.3 is 0 Å². The molecule has 1 fully saturated rings. The van der Waals surface area contributed by atoms with Gasteiger partial charge in [-0.25, -0.2) is 0 Å². The van der Waals surface area contributed by atoms with E-state index < -0.39 is 0 Å². The van der Waals surface area contributed by atoms with Crippen molar-refractivity contribution < 1.29 is 0 Å². The van der Waals surface area contributed by atoms with E-state index >= 15 is 0 Å². The van der Waals surface area contributed by atoms with Gasteiger partial charge in [-0.1, -0.05) is 6.92 Å². The molecule has 0 bridgehead atoms. The van der Waals surface area contributed by atoms with Gasteiger partial charge in [0.15, 0.2) is 0 Å². The zero-order valence-corrected chi connectivity index (χ0v) is 7.88. The summed E-state index contributed by atoms with van der Waals surface area (Å²) < 4.78 is 0. The fourth-order valence-corrected chi connectivity index (χ4v) is 1.65. The minimum absolute atomic E-state index is 0.00366. The highest BCUT2D eigenvalue weighted by molar-refractivity contribution is 4.81. The maximum atomic E-state index is 10.3. The Kier molecular flexibility index (Phi) is 3.16. The highest BCUT2D eigenvalue weighted by Gasteiger charge is 2.29. The van der Waals surface area contributed by atoms with Crippen molar-refractivity contribution in [2.75, 3.05) is 20.1 Å². The molecule has 1 rings (SSSR count). The smallest absolute Gasteiger partial charge is 0.0718 e. The molecule has 1 aliphatic rings. The van der Waals surface area contributed by atoms with Crippen LogP contribution in [0.3, 0.4) is 0 Å². The maximum absolute atomic E-state index is 10.3. The average molecular weight is 186 g/mol. The molecule has 0 spiro atoms. The van der Waals surface area contributed by atoms with Gasteiger partial charge in [-0.3, -0.25) is 10.0 Å². The van der Waals surface area contributed by atoms with Gasteiger partial charge in [0.25, 0.3) is 0 Å². The number of nitrogens with zero attached hydrogens (tertiary/aromatic N) is 4. The van der Waals surface area contributed by atoms with Crippen LogP contribution in [-0.2, 0) is 0 Å². The Morgan fingerprint density at radius 2 is 2.15 bits per heavy atom. The van der Waals surface area contributed by atoms with Crippen LogP contribution >= 0.6 is 0 Å². The van der Waals surface area contributed by atoms with Crippen LogP contribution in [0.5, 0.6) is 0 Å². The van der Waals surface area contributed by atoms with Gasteiger partial charge in [-0.05, 0) is 12.3 Å². The standard InChI is InChI=1S/C7H14N4O2/c1-6-3-4-11(9-13)5-7(6)10(2)8-12/h6-7H,3-5H2,1-2H3. The van der Waals surface area contributed by atoms with Gasteiger partial charge in [-0.15, -0.1) is 9.81 Å². The van der Waals surface area contributed by atoms with E-state index in [2.05, 4.69) is 17.5 Å². The lowest BCUT2D eigenvalue weighted by atomic mass is 9.94. The molecule has 2 atom stereocenters. The van der Waals surface area contributed by atoms with Crippen molar-refractivity contribution in [3.05, 3.63) is 9.81 Å². The molecule has 0 aliphatic carbocycles. The number of likely N-dealkylation sites (N-methyl/N-ethyl adjacent to an activating group) is 1. The third kappa shape index (κ3) is 2.13. The van der Waals surface area contributed by atoms with Gasteiger partial charge >= 0.3 is 0 Å². The van der Waals surface area contributed by atoms with Crippen LogP contribution in [-0.4, -0.2) is 36.2 Å². The van der Waals surface area contributed by atoms with Crippen LogP contribution in [0.4, 0.5) is 0 Å². The Morgan fingerprint density at radius 1 is 1.46 bits per heavy atom. The van der Waals surface area contributed by atoms with Crippen LogP contribution in [0.2, 0.25) is 0 Å². The molecule has 0 aromatic carbocycles. The summed E-state index contributed by atoms with van der Waals surface area (Å²) in [6.45, 7) is 3.22. The molecule has 13 heavy (non-hydrogen) atoms. The van der Waals surface area contributed by atoms with Crippen LogP contribution < -0.4 is 0 Å². The zero-order chi connectivity index (χ0) is 9.84. The second-order valence-electron chi connectivity index (χ2n) is 3.48. The lowest BCUT2D eigenvalue weighted by Gasteiger charge is -2.36. The minimum atomic E-state index is 0.00366. The van der Waals surface area contributed by atoms with E-state index in [-0.39, 0.29) is 6.04 Å². The molecule has 0 N–H and O–H groups in total.